The quantitative estimate of drug-likeness (QED) is 0.452. The summed E-state index contributed by atoms with van der Waals surface area (Å²) in [6.45, 7) is 1.52. The number of benzene rings is 3. The Kier molecular flexibility index (Phi) is 7.76. The van der Waals surface area contributed by atoms with Crippen LogP contribution in [0.1, 0.15) is 6.92 Å². The smallest absolute Gasteiger partial charge is 0.264 e. The third kappa shape index (κ3) is 5.60. The number of thioether (sulfide) groups is 1. The van der Waals surface area contributed by atoms with Gasteiger partial charge in [-0.3, -0.25) is 9.10 Å². The Balaban J connectivity index is 1.93. The number of halogens is 1. The summed E-state index contributed by atoms with van der Waals surface area (Å²) in [4.78, 5) is 13.7. The summed E-state index contributed by atoms with van der Waals surface area (Å²) in [5.74, 6) is 0.293. The summed E-state index contributed by atoms with van der Waals surface area (Å²) in [6, 6.07) is 18.1. The largest absolute Gasteiger partial charge is 0.497 e. The number of ether oxygens (including phenoxy) is 1. The van der Waals surface area contributed by atoms with Crippen molar-refractivity contribution in [3.05, 3.63) is 78.6 Å². The molecule has 0 spiro atoms. The highest BCUT2D eigenvalue weighted by molar-refractivity contribution is 7.99. The first kappa shape index (κ1) is 23.6. The zero-order valence-electron chi connectivity index (χ0n) is 17.6. The van der Waals surface area contributed by atoms with Crippen LogP contribution < -0.4 is 14.4 Å². The van der Waals surface area contributed by atoms with Crippen LogP contribution in [0, 0.1) is 5.82 Å². The normalized spacial score (nSPS) is 11.1. The highest BCUT2D eigenvalue weighted by Crippen LogP contribution is 2.28. The summed E-state index contributed by atoms with van der Waals surface area (Å²) in [5.41, 5.74) is 0.777. The second-order valence-electron chi connectivity index (χ2n) is 6.64. The van der Waals surface area contributed by atoms with E-state index in [0.717, 1.165) is 27.1 Å². The van der Waals surface area contributed by atoms with Crippen molar-refractivity contribution in [1.29, 1.82) is 0 Å². The molecule has 1 N–H and O–H groups in total. The summed E-state index contributed by atoms with van der Waals surface area (Å²) in [6.07, 6.45) is 0. The van der Waals surface area contributed by atoms with Crippen LogP contribution in [0.5, 0.6) is 5.75 Å². The van der Waals surface area contributed by atoms with E-state index < -0.39 is 28.3 Å². The lowest BCUT2D eigenvalue weighted by atomic mass is 10.3. The fraction of sp³-hybridized carbons (Fsp3) is 0.174. The lowest BCUT2D eigenvalue weighted by Crippen LogP contribution is -2.38. The number of methoxy groups -OCH3 is 1. The van der Waals surface area contributed by atoms with Gasteiger partial charge in [0.25, 0.3) is 10.0 Å². The van der Waals surface area contributed by atoms with Crippen LogP contribution in [-0.2, 0) is 14.8 Å². The summed E-state index contributed by atoms with van der Waals surface area (Å²) < 4.78 is 46.3. The number of para-hydroxylation sites is 1. The lowest BCUT2D eigenvalue weighted by molar-refractivity contribution is -0.114. The van der Waals surface area contributed by atoms with Crippen molar-refractivity contribution in [2.24, 2.45) is 0 Å². The number of anilines is 2. The van der Waals surface area contributed by atoms with Gasteiger partial charge in [-0.25, -0.2) is 12.8 Å². The van der Waals surface area contributed by atoms with E-state index in [1.807, 2.05) is 19.1 Å². The van der Waals surface area contributed by atoms with Gasteiger partial charge in [-0.1, -0.05) is 19.1 Å². The topological polar surface area (TPSA) is 75.7 Å². The van der Waals surface area contributed by atoms with E-state index in [1.165, 1.54) is 43.5 Å². The number of rotatable bonds is 9. The van der Waals surface area contributed by atoms with Crippen LogP contribution in [0.15, 0.2) is 82.6 Å². The zero-order valence-corrected chi connectivity index (χ0v) is 19.3. The molecule has 0 bridgehead atoms. The van der Waals surface area contributed by atoms with E-state index in [4.69, 9.17) is 4.74 Å². The molecule has 0 aliphatic carbocycles. The Labute approximate surface area is 191 Å². The Morgan fingerprint density at radius 2 is 1.69 bits per heavy atom. The van der Waals surface area contributed by atoms with Gasteiger partial charge in [-0.05, 0) is 66.4 Å². The van der Waals surface area contributed by atoms with Gasteiger partial charge >= 0.3 is 0 Å². The minimum Gasteiger partial charge on any atom is -0.497 e. The average Bonchev–Trinajstić information content (AvgIpc) is 2.79. The Morgan fingerprint density at radius 1 is 1.03 bits per heavy atom. The van der Waals surface area contributed by atoms with Crippen LogP contribution in [0.2, 0.25) is 0 Å². The minimum absolute atomic E-state index is 0.0163. The zero-order chi connectivity index (χ0) is 23.1. The number of amides is 1. The molecule has 1 amide bonds. The van der Waals surface area contributed by atoms with Crippen molar-refractivity contribution in [3.63, 3.8) is 0 Å². The molecule has 0 saturated heterocycles. The fourth-order valence-electron chi connectivity index (χ4n) is 2.97. The Hall–Kier alpha value is -3.04. The highest BCUT2D eigenvalue weighted by atomic mass is 32.2. The van der Waals surface area contributed by atoms with E-state index in [1.54, 1.807) is 23.9 Å². The van der Waals surface area contributed by atoms with Crippen molar-refractivity contribution in [2.45, 2.75) is 16.7 Å². The molecule has 168 valence electrons. The molecule has 0 aliphatic heterocycles. The number of nitrogens with one attached hydrogen (secondary N) is 1. The molecule has 0 unspecified atom stereocenters. The standard InChI is InChI=1S/C23H23FN2O4S2/c1-3-31-22-7-5-4-6-21(22)25-23(27)16-26(18-10-8-17(24)9-11-18)32(28,29)20-14-12-19(30-2)13-15-20/h4-15H,3,16H2,1-2H3,(H,25,27). The molecule has 9 heteroatoms. The van der Waals surface area contributed by atoms with Crippen molar-refractivity contribution >= 4 is 39.1 Å². The van der Waals surface area contributed by atoms with Gasteiger partial charge in [0.1, 0.15) is 18.1 Å². The van der Waals surface area contributed by atoms with Crippen molar-refractivity contribution in [1.82, 2.24) is 0 Å². The molecule has 3 rings (SSSR count). The fourth-order valence-corrected chi connectivity index (χ4v) is 5.15. The first-order valence-corrected chi connectivity index (χ1v) is 12.2. The van der Waals surface area contributed by atoms with Gasteiger partial charge in [0, 0.05) is 4.90 Å². The van der Waals surface area contributed by atoms with Crippen molar-refractivity contribution in [3.8, 4) is 5.75 Å². The molecule has 0 aromatic heterocycles. The second-order valence-corrected chi connectivity index (χ2v) is 9.81. The van der Waals surface area contributed by atoms with Gasteiger partial charge in [0.15, 0.2) is 0 Å². The van der Waals surface area contributed by atoms with Crippen LogP contribution in [0.25, 0.3) is 0 Å². The molecule has 0 atom stereocenters. The molecular formula is C23H23FN2O4S2. The summed E-state index contributed by atoms with van der Waals surface area (Å²) >= 11 is 1.57. The van der Waals surface area contributed by atoms with E-state index in [9.17, 15) is 17.6 Å². The van der Waals surface area contributed by atoms with Crippen molar-refractivity contribution < 1.29 is 22.3 Å². The molecule has 0 fully saturated rings. The van der Waals surface area contributed by atoms with Crippen LogP contribution in [-0.4, -0.2) is 33.7 Å². The van der Waals surface area contributed by atoms with Gasteiger partial charge in [0.05, 0.1) is 23.4 Å². The van der Waals surface area contributed by atoms with Crippen LogP contribution >= 0.6 is 11.8 Å². The number of nitrogens with zero attached hydrogens (tertiary/aromatic N) is 1. The minimum atomic E-state index is -4.11. The van der Waals surface area contributed by atoms with Gasteiger partial charge in [-0.2, -0.15) is 0 Å². The number of sulfonamides is 1. The molecule has 0 heterocycles. The Morgan fingerprint density at radius 3 is 2.31 bits per heavy atom. The maximum atomic E-state index is 13.5. The first-order valence-electron chi connectivity index (χ1n) is 9.79. The summed E-state index contributed by atoms with van der Waals surface area (Å²) in [7, 11) is -2.63. The van der Waals surface area contributed by atoms with Crippen LogP contribution in [0.4, 0.5) is 15.8 Å². The molecule has 0 radical (unpaired) electrons. The Bertz CT molecular complexity index is 1170. The maximum Gasteiger partial charge on any atom is 0.264 e. The van der Waals surface area contributed by atoms with Gasteiger partial charge < -0.3 is 10.1 Å². The molecular weight excluding hydrogens is 451 g/mol. The van der Waals surface area contributed by atoms with E-state index in [2.05, 4.69) is 5.32 Å². The lowest BCUT2D eigenvalue weighted by Gasteiger charge is -2.24. The summed E-state index contributed by atoms with van der Waals surface area (Å²) in [5, 5.41) is 2.79. The maximum absolute atomic E-state index is 13.5. The molecule has 32 heavy (non-hydrogen) atoms. The average molecular weight is 475 g/mol. The number of hydrogen-bond acceptors (Lipinski definition) is 5. The first-order chi connectivity index (χ1) is 15.3. The second kappa shape index (κ2) is 10.5. The highest BCUT2D eigenvalue weighted by Gasteiger charge is 2.27. The number of hydrogen-bond donors (Lipinski definition) is 1. The molecule has 0 saturated carbocycles. The third-order valence-electron chi connectivity index (χ3n) is 4.51. The van der Waals surface area contributed by atoms with Gasteiger partial charge in [-0.15, -0.1) is 11.8 Å². The molecule has 3 aromatic carbocycles. The predicted molar refractivity (Wildman–Crippen MR) is 125 cm³/mol. The molecule has 6 nitrogen and oxygen atoms in total. The molecule has 3 aromatic rings. The predicted octanol–water partition coefficient (Wildman–Crippen LogP) is 4.78. The number of carbonyl (C=O) groups is 1. The van der Waals surface area contributed by atoms with E-state index >= 15 is 0 Å². The monoisotopic (exact) mass is 474 g/mol. The van der Waals surface area contributed by atoms with E-state index in [-0.39, 0.29) is 10.6 Å². The van der Waals surface area contributed by atoms with Crippen LogP contribution in [0.3, 0.4) is 0 Å². The van der Waals surface area contributed by atoms with E-state index in [0.29, 0.717) is 11.4 Å². The third-order valence-corrected chi connectivity index (χ3v) is 7.25. The SMILES string of the molecule is CCSc1ccccc1NC(=O)CN(c1ccc(F)cc1)S(=O)(=O)c1ccc(OC)cc1. The molecule has 0 aliphatic rings. The number of carbonyl (C=O) groups excluding carboxylic acids is 1. The van der Waals surface area contributed by atoms with Gasteiger partial charge in [0.2, 0.25) is 5.91 Å². The van der Waals surface area contributed by atoms with Crippen molar-refractivity contribution in [2.75, 3.05) is 29.0 Å².